The van der Waals surface area contributed by atoms with Gasteiger partial charge in [0.2, 0.25) is 17.5 Å². The van der Waals surface area contributed by atoms with Crippen molar-refractivity contribution >= 4 is 17.5 Å². The fourth-order valence-electron chi connectivity index (χ4n) is 7.42. The van der Waals surface area contributed by atoms with Gasteiger partial charge in [-0.15, -0.1) is 0 Å². The molecule has 422 valence electrons. The molecule has 1 atom stereocenters. The van der Waals surface area contributed by atoms with Gasteiger partial charge in [0.15, 0.2) is 17.5 Å². The average molecular weight is 1120 g/mol. The summed E-state index contributed by atoms with van der Waals surface area (Å²) in [5.41, 5.74) is -1.06. The second-order valence-electron chi connectivity index (χ2n) is 18.3. The monoisotopic (exact) mass is 1120 g/mol. The molecule has 3 aromatic heterocycles. The molecule has 12 nitrogen and oxygen atoms in total. The van der Waals surface area contributed by atoms with Gasteiger partial charge in [-0.25, -0.2) is 29.9 Å². The second kappa shape index (κ2) is 25.7. The fourth-order valence-corrected chi connectivity index (χ4v) is 7.42. The van der Waals surface area contributed by atoms with Crippen LogP contribution >= 0.6 is 0 Å². The number of hydrogen-bond donors (Lipinski definition) is 3. The molecule has 3 N–H and O–H groups in total. The molecule has 6 aromatic rings. The first-order valence-corrected chi connectivity index (χ1v) is 23.7. The standard InChI is InChI=1S/C20H22F4N4O2.C15H12F5N3.C11H12F3N.C4HF3N2.CH4/c21-16-17(25-10-19(29)7-8-30-11-19)26-12-27-18(16)28(15-5-6-15)9-13-1-3-14(4-2-13)20(22,23)24;16-12-13(17)21-8-22-14(12)23(11-5-6-11)7-9-1-3-10(4-2-9)15(18,19)20;12-11(13,14)9-3-1-8(2-4-9)7-15-10-5-6-10;5-2-3(6)8-1-9-4(2)7;/h1-4,12,15,29H,5-11H2,(H,25,26,27);1-4,8,11H,5-7H2;1-4,10,15H,5-7H2;1H;1H4. The molecule has 0 spiro atoms. The number of nitrogens with one attached hydrogen (secondary N) is 2. The third-order valence-corrected chi connectivity index (χ3v) is 12.1. The minimum atomic E-state index is -4.41. The van der Waals surface area contributed by atoms with Gasteiger partial charge in [0, 0.05) is 57.3 Å². The van der Waals surface area contributed by atoms with E-state index in [4.69, 9.17) is 4.74 Å². The van der Waals surface area contributed by atoms with Crippen molar-refractivity contribution in [2.45, 2.75) is 114 Å². The molecule has 4 heterocycles. The SMILES string of the molecule is C.FC(F)(F)c1ccc(CNC2CC2)cc1.Fc1ncnc(F)c1F.Fc1ncnc(N(Cc2ccc(C(F)(F)F)cc2)C2CC2)c1F.OC1(CNc2ncnc(N(Cc3ccc(C(F)(F)F)cc3)C3CC3)c2F)CCOC1. The lowest BCUT2D eigenvalue weighted by molar-refractivity contribution is -0.138. The van der Waals surface area contributed by atoms with Crippen LogP contribution in [0.5, 0.6) is 0 Å². The Morgan fingerprint density at radius 1 is 0.526 bits per heavy atom. The Morgan fingerprint density at radius 3 is 1.31 bits per heavy atom. The fraction of sp³-hybridized carbons (Fsp3) is 0.412. The van der Waals surface area contributed by atoms with E-state index in [1.54, 1.807) is 9.80 Å². The number of benzene rings is 3. The maximum absolute atomic E-state index is 15.1. The van der Waals surface area contributed by atoms with Crippen LogP contribution in [0.1, 0.15) is 85.8 Å². The van der Waals surface area contributed by atoms with Crippen LogP contribution in [0.4, 0.5) is 83.3 Å². The molecule has 3 saturated carbocycles. The smallest absolute Gasteiger partial charge is 0.386 e. The lowest BCUT2D eigenvalue weighted by atomic mass is 10.0. The molecule has 1 aliphatic heterocycles. The molecular weight excluding hydrogens is 1070 g/mol. The Balaban J connectivity index is 0.000000181. The van der Waals surface area contributed by atoms with Crippen LogP contribution in [0.25, 0.3) is 0 Å². The highest BCUT2D eigenvalue weighted by Gasteiger charge is 2.37. The number of halogens is 15. The van der Waals surface area contributed by atoms with E-state index in [1.807, 2.05) is 0 Å². The molecule has 27 heteroatoms. The van der Waals surface area contributed by atoms with Crippen molar-refractivity contribution in [1.82, 2.24) is 35.2 Å². The molecule has 0 amide bonds. The molecule has 4 aliphatic rings. The van der Waals surface area contributed by atoms with Crippen LogP contribution in [0.2, 0.25) is 0 Å². The van der Waals surface area contributed by atoms with Gasteiger partial charge < -0.3 is 30.3 Å². The minimum Gasteiger partial charge on any atom is -0.386 e. The Bertz CT molecular complexity index is 2840. The third kappa shape index (κ3) is 17.3. The lowest BCUT2D eigenvalue weighted by Gasteiger charge is -2.25. The van der Waals surface area contributed by atoms with E-state index in [9.17, 15) is 66.6 Å². The number of rotatable bonds is 14. The van der Waals surface area contributed by atoms with Gasteiger partial charge in [-0.05, 0) is 91.6 Å². The Labute approximate surface area is 437 Å². The summed E-state index contributed by atoms with van der Waals surface area (Å²) < 4.78 is 196. The van der Waals surface area contributed by atoms with E-state index in [1.165, 1.54) is 55.6 Å². The number of nitrogens with zero attached hydrogens (tertiary/aromatic N) is 8. The first-order valence-electron chi connectivity index (χ1n) is 23.7. The number of alkyl halides is 9. The van der Waals surface area contributed by atoms with Crippen molar-refractivity contribution in [1.29, 1.82) is 0 Å². The van der Waals surface area contributed by atoms with E-state index >= 15 is 4.39 Å². The van der Waals surface area contributed by atoms with Crippen molar-refractivity contribution in [2.75, 3.05) is 34.9 Å². The maximum Gasteiger partial charge on any atom is 0.416 e. The molecule has 10 rings (SSSR count). The zero-order valence-electron chi connectivity index (χ0n) is 40.2. The van der Waals surface area contributed by atoms with Gasteiger partial charge in [-0.3, -0.25) is 0 Å². The molecule has 1 saturated heterocycles. The lowest BCUT2D eigenvalue weighted by Crippen LogP contribution is -2.37. The van der Waals surface area contributed by atoms with Crippen LogP contribution in [0.15, 0.2) is 91.8 Å². The zero-order chi connectivity index (χ0) is 55.7. The summed E-state index contributed by atoms with van der Waals surface area (Å²) >= 11 is 0. The quantitative estimate of drug-likeness (QED) is 0.0707. The second-order valence-corrected chi connectivity index (χ2v) is 18.3. The first-order chi connectivity index (χ1) is 36.4. The highest BCUT2D eigenvalue weighted by Crippen LogP contribution is 2.37. The van der Waals surface area contributed by atoms with E-state index in [0.717, 1.165) is 74.0 Å². The maximum atomic E-state index is 15.1. The van der Waals surface area contributed by atoms with E-state index < -0.39 is 76.1 Å². The van der Waals surface area contributed by atoms with Crippen molar-refractivity contribution in [3.05, 3.63) is 160 Å². The number of ether oxygens (including phenoxy) is 1. The molecular formula is C51H51F15N10O2. The van der Waals surface area contributed by atoms with Crippen molar-refractivity contribution in [3.63, 3.8) is 0 Å². The average Bonchev–Trinajstić information content (AvgIpc) is 4.28. The Hall–Kier alpha value is -6.87. The summed E-state index contributed by atoms with van der Waals surface area (Å²) in [5, 5.41) is 16.4. The highest BCUT2D eigenvalue weighted by atomic mass is 19.4. The topological polar surface area (TPSA) is 137 Å². The molecule has 0 radical (unpaired) electrons. The Morgan fingerprint density at radius 2 is 0.923 bits per heavy atom. The van der Waals surface area contributed by atoms with Gasteiger partial charge in [0.05, 0.1) is 23.3 Å². The van der Waals surface area contributed by atoms with Crippen LogP contribution in [0.3, 0.4) is 0 Å². The third-order valence-electron chi connectivity index (χ3n) is 12.1. The largest absolute Gasteiger partial charge is 0.416 e. The summed E-state index contributed by atoms with van der Waals surface area (Å²) in [7, 11) is 0. The molecule has 1 unspecified atom stereocenters. The number of hydrogen-bond acceptors (Lipinski definition) is 12. The van der Waals surface area contributed by atoms with Gasteiger partial charge in [-0.1, -0.05) is 43.8 Å². The molecule has 0 bridgehead atoms. The number of aromatic nitrogens is 6. The highest BCUT2D eigenvalue weighted by molar-refractivity contribution is 5.53. The molecule has 4 fully saturated rings. The summed E-state index contributed by atoms with van der Waals surface area (Å²) in [6.45, 7) is 1.73. The summed E-state index contributed by atoms with van der Waals surface area (Å²) in [5.74, 6) is -7.73. The first kappa shape index (κ1) is 60.4. The molecule has 78 heavy (non-hydrogen) atoms. The normalized spacial score (nSPS) is 17.0. The summed E-state index contributed by atoms with van der Waals surface area (Å²) in [6, 6.07) is 15.4. The van der Waals surface area contributed by atoms with Crippen LogP contribution < -0.4 is 20.4 Å². The van der Waals surface area contributed by atoms with Gasteiger partial charge in [0.25, 0.3) is 17.8 Å². The van der Waals surface area contributed by atoms with Gasteiger partial charge >= 0.3 is 18.5 Å². The Kier molecular flexibility index (Phi) is 19.9. The van der Waals surface area contributed by atoms with E-state index in [-0.39, 0.29) is 63.2 Å². The summed E-state index contributed by atoms with van der Waals surface area (Å²) in [6.07, 6.45) is -4.17. The zero-order valence-corrected chi connectivity index (χ0v) is 40.2. The predicted octanol–water partition coefficient (Wildman–Crippen LogP) is 11.8. The number of anilines is 3. The van der Waals surface area contributed by atoms with Crippen molar-refractivity contribution in [3.8, 4) is 0 Å². The van der Waals surface area contributed by atoms with Crippen LogP contribution in [-0.4, -0.2) is 78.5 Å². The molecule has 3 aromatic carbocycles. The van der Waals surface area contributed by atoms with Crippen LogP contribution in [0, 0.1) is 35.3 Å². The predicted molar refractivity (Wildman–Crippen MR) is 254 cm³/mol. The van der Waals surface area contributed by atoms with Gasteiger partial charge in [-0.2, -0.15) is 65.9 Å². The van der Waals surface area contributed by atoms with Gasteiger partial charge in [0.1, 0.15) is 24.6 Å². The van der Waals surface area contributed by atoms with Crippen molar-refractivity contribution in [2.24, 2.45) is 0 Å². The number of aliphatic hydroxyl groups is 1. The molecule has 3 aliphatic carbocycles. The van der Waals surface area contributed by atoms with Crippen molar-refractivity contribution < 1.29 is 75.7 Å². The minimum absolute atomic E-state index is 0. The van der Waals surface area contributed by atoms with E-state index in [2.05, 4.69) is 40.5 Å². The van der Waals surface area contributed by atoms with E-state index in [0.29, 0.717) is 43.1 Å². The summed E-state index contributed by atoms with van der Waals surface area (Å²) in [4.78, 5) is 23.7. The van der Waals surface area contributed by atoms with Crippen LogP contribution in [-0.2, 0) is 42.9 Å².